The van der Waals surface area contributed by atoms with E-state index in [0.717, 1.165) is 22.0 Å². The Hall–Kier alpha value is -2.88. The quantitative estimate of drug-likeness (QED) is 0.741. The highest BCUT2D eigenvalue weighted by atomic mass is 16.5. The summed E-state index contributed by atoms with van der Waals surface area (Å²) in [7, 11) is 1.60. The molecule has 0 bridgehead atoms. The van der Waals surface area contributed by atoms with Gasteiger partial charge in [-0.3, -0.25) is 9.78 Å². The molecule has 0 atom stereocenters. The second-order valence-corrected chi connectivity index (χ2v) is 6.97. The smallest absolute Gasteiger partial charge is 0.229 e. The van der Waals surface area contributed by atoms with E-state index >= 15 is 0 Å². The van der Waals surface area contributed by atoms with Gasteiger partial charge in [0.05, 0.1) is 12.8 Å². The molecule has 2 aromatic carbocycles. The van der Waals surface area contributed by atoms with E-state index in [1.54, 1.807) is 13.3 Å². The molecule has 1 aromatic heterocycles. The predicted octanol–water partition coefficient (Wildman–Crippen LogP) is 4.90. The number of nitrogens with zero attached hydrogens (tertiary/aromatic N) is 1. The van der Waals surface area contributed by atoms with Crippen molar-refractivity contribution in [2.24, 2.45) is 5.41 Å². The number of methoxy groups -OCH3 is 1. The molecular weight excluding hydrogens is 312 g/mol. The van der Waals surface area contributed by atoms with Crippen LogP contribution in [0.4, 0.5) is 5.69 Å². The van der Waals surface area contributed by atoms with Crippen LogP contribution in [0, 0.1) is 5.41 Å². The molecule has 128 valence electrons. The molecule has 0 radical (unpaired) electrons. The molecule has 3 aromatic rings. The van der Waals surface area contributed by atoms with Crippen LogP contribution in [0.3, 0.4) is 0 Å². The summed E-state index contributed by atoms with van der Waals surface area (Å²) in [5.41, 5.74) is 3.07. The number of pyridine rings is 1. The van der Waals surface area contributed by atoms with Crippen LogP contribution in [0.5, 0.6) is 5.75 Å². The number of nitrogens with one attached hydrogen (secondary N) is 1. The van der Waals surface area contributed by atoms with Crippen LogP contribution in [0.2, 0.25) is 0 Å². The number of fused-ring (bicyclic) bond motifs is 1. The summed E-state index contributed by atoms with van der Waals surface area (Å²) >= 11 is 0. The summed E-state index contributed by atoms with van der Waals surface area (Å²) in [5, 5.41) is 3.93. The average Bonchev–Trinajstić information content (AvgIpc) is 2.60. The van der Waals surface area contributed by atoms with Crippen molar-refractivity contribution < 1.29 is 9.53 Å². The van der Waals surface area contributed by atoms with Crippen molar-refractivity contribution in [2.75, 3.05) is 12.4 Å². The SMILES string of the molecule is COc1c(NC(=O)C(C)(C)C)ccc2c(-c3ccccc3)ccnc12. The molecule has 4 nitrogen and oxygen atoms in total. The first-order valence-corrected chi connectivity index (χ1v) is 8.24. The van der Waals surface area contributed by atoms with Gasteiger partial charge in [0.2, 0.25) is 5.91 Å². The van der Waals surface area contributed by atoms with E-state index in [1.807, 2.05) is 57.2 Å². The van der Waals surface area contributed by atoms with E-state index in [4.69, 9.17) is 4.74 Å². The molecule has 0 fully saturated rings. The minimum atomic E-state index is -0.487. The second kappa shape index (κ2) is 6.55. The van der Waals surface area contributed by atoms with Gasteiger partial charge in [0.1, 0.15) is 5.52 Å². The van der Waals surface area contributed by atoms with Gasteiger partial charge in [0, 0.05) is 17.0 Å². The van der Waals surface area contributed by atoms with Crippen molar-refractivity contribution in [3.8, 4) is 16.9 Å². The molecule has 0 spiro atoms. The van der Waals surface area contributed by atoms with Gasteiger partial charge >= 0.3 is 0 Å². The summed E-state index contributed by atoms with van der Waals surface area (Å²) in [4.78, 5) is 16.8. The lowest BCUT2D eigenvalue weighted by Crippen LogP contribution is -2.27. The molecule has 1 N–H and O–H groups in total. The number of ether oxygens (including phenoxy) is 1. The lowest BCUT2D eigenvalue weighted by molar-refractivity contribution is -0.123. The molecule has 3 rings (SSSR count). The molecule has 0 aliphatic carbocycles. The van der Waals surface area contributed by atoms with Crippen LogP contribution < -0.4 is 10.1 Å². The molecule has 0 aliphatic heterocycles. The van der Waals surface area contributed by atoms with Crippen molar-refractivity contribution in [3.05, 3.63) is 54.7 Å². The van der Waals surface area contributed by atoms with Crippen LogP contribution in [0.1, 0.15) is 20.8 Å². The topological polar surface area (TPSA) is 51.2 Å². The Bertz CT molecular complexity index is 912. The van der Waals surface area contributed by atoms with Gasteiger partial charge < -0.3 is 10.1 Å². The van der Waals surface area contributed by atoms with E-state index in [1.165, 1.54) is 0 Å². The van der Waals surface area contributed by atoms with Crippen LogP contribution in [-0.4, -0.2) is 18.0 Å². The van der Waals surface area contributed by atoms with Crippen LogP contribution >= 0.6 is 0 Å². The lowest BCUT2D eigenvalue weighted by atomic mass is 9.95. The number of anilines is 1. The number of hydrogen-bond donors (Lipinski definition) is 1. The van der Waals surface area contributed by atoms with E-state index in [9.17, 15) is 4.79 Å². The van der Waals surface area contributed by atoms with E-state index in [0.29, 0.717) is 11.4 Å². The Morgan fingerprint density at radius 3 is 2.40 bits per heavy atom. The fourth-order valence-corrected chi connectivity index (χ4v) is 2.68. The Balaban J connectivity index is 2.14. The van der Waals surface area contributed by atoms with Gasteiger partial charge in [0.15, 0.2) is 5.75 Å². The number of amides is 1. The van der Waals surface area contributed by atoms with Gasteiger partial charge in [-0.05, 0) is 29.3 Å². The normalized spacial score (nSPS) is 11.4. The van der Waals surface area contributed by atoms with Crippen molar-refractivity contribution in [3.63, 3.8) is 0 Å². The standard InChI is InChI=1S/C21H22N2O2/c1-21(2,3)20(24)23-17-11-10-16-15(14-8-6-5-7-9-14)12-13-22-18(16)19(17)25-4/h5-13H,1-4H3,(H,23,24). The third kappa shape index (κ3) is 3.33. The van der Waals surface area contributed by atoms with Crippen molar-refractivity contribution >= 4 is 22.5 Å². The zero-order valence-electron chi connectivity index (χ0n) is 15.0. The zero-order chi connectivity index (χ0) is 18.0. The maximum Gasteiger partial charge on any atom is 0.229 e. The molecule has 0 saturated carbocycles. The van der Waals surface area contributed by atoms with Gasteiger partial charge in [-0.15, -0.1) is 0 Å². The van der Waals surface area contributed by atoms with E-state index < -0.39 is 5.41 Å². The first-order valence-electron chi connectivity index (χ1n) is 8.24. The molecule has 0 saturated heterocycles. The molecule has 4 heteroatoms. The minimum Gasteiger partial charge on any atom is -0.492 e. The van der Waals surface area contributed by atoms with Crippen LogP contribution in [0.25, 0.3) is 22.0 Å². The third-order valence-electron chi connectivity index (χ3n) is 4.08. The summed E-state index contributed by atoms with van der Waals surface area (Å²) in [6.07, 6.45) is 1.77. The lowest BCUT2D eigenvalue weighted by Gasteiger charge is -2.20. The first kappa shape index (κ1) is 17.0. The fraction of sp³-hybridized carbons (Fsp3) is 0.238. The third-order valence-corrected chi connectivity index (χ3v) is 4.08. The number of rotatable bonds is 3. The zero-order valence-corrected chi connectivity index (χ0v) is 15.0. The highest BCUT2D eigenvalue weighted by Crippen LogP contribution is 2.37. The maximum atomic E-state index is 12.3. The van der Waals surface area contributed by atoms with Crippen LogP contribution in [0.15, 0.2) is 54.7 Å². The Kier molecular flexibility index (Phi) is 4.45. The van der Waals surface area contributed by atoms with Gasteiger partial charge in [0.25, 0.3) is 0 Å². The maximum absolute atomic E-state index is 12.3. The highest BCUT2D eigenvalue weighted by Gasteiger charge is 2.23. The Morgan fingerprint density at radius 2 is 1.76 bits per heavy atom. The number of hydrogen-bond acceptors (Lipinski definition) is 3. The molecular formula is C21H22N2O2. The van der Waals surface area contributed by atoms with E-state index in [2.05, 4.69) is 22.4 Å². The van der Waals surface area contributed by atoms with Crippen molar-refractivity contribution in [1.29, 1.82) is 0 Å². The molecule has 25 heavy (non-hydrogen) atoms. The summed E-state index contributed by atoms with van der Waals surface area (Å²) < 4.78 is 5.59. The summed E-state index contributed by atoms with van der Waals surface area (Å²) in [5.74, 6) is 0.511. The van der Waals surface area contributed by atoms with Crippen molar-refractivity contribution in [2.45, 2.75) is 20.8 Å². The minimum absolute atomic E-state index is 0.0654. The van der Waals surface area contributed by atoms with Crippen molar-refractivity contribution in [1.82, 2.24) is 4.98 Å². The number of aromatic nitrogens is 1. The number of benzene rings is 2. The van der Waals surface area contributed by atoms with Gasteiger partial charge in [-0.2, -0.15) is 0 Å². The first-order chi connectivity index (χ1) is 11.9. The van der Waals surface area contributed by atoms with Crippen LogP contribution in [-0.2, 0) is 4.79 Å². The highest BCUT2D eigenvalue weighted by molar-refractivity contribution is 6.03. The molecule has 1 heterocycles. The average molecular weight is 334 g/mol. The fourth-order valence-electron chi connectivity index (χ4n) is 2.68. The number of carbonyl (C=O) groups excluding carboxylic acids is 1. The predicted molar refractivity (Wildman–Crippen MR) is 102 cm³/mol. The van der Waals surface area contributed by atoms with Gasteiger partial charge in [-0.25, -0.2) is 0 Å². The summed E-state index contributed by atoms with van der Waals surface area (Å²) in [6.45, 7) is 5.63. The molecule has 0 unspecified atom stereocenters. The number of carbonyl (C=O) groups is 1. The van der Waals surface area contributed by atoms with Gasteiger partial charge in [-0.1, -0.05) is 51.1 Å². The van der Waals surface area contributed by atoms with E-state index in [-0.39, 0.29) is 5.91 Å². The largest absolute Gasteiger partial charge is 0.492 e. The Labute approximate surface area is 147 Å². The monoisotopic (exact) mass is 334 g/mol. The second-order valence-electron chi connectivity index (χ2n) is 6.97. The molecule has 1 amide bonds. The summed E-state index contributed by atoms with van der Waals surface area (Å²) in [6, 6.07) is 16.0. The molecule has 0 aliphatic rings. The Morgan fingerprint density at radius 1 is 1.04 bits per heavy atom.